The first-order valence-corrected chi connectivity index (χ1v) is 5.56. The Morgan fingerprint density at radius 2 is 2.15 bits per heavy atom. The Morgan fingerprint density at radius 1 is 1.46 bits per heavy atom. The van der Waals surface area contributed by atoms with Crippen molar-refractivity contribution in [3.05, 3.63) is 33.3 Å². The molecular formula is C10H11BrClN. The number of nitrogens with two attached hydrogens (primary N) is 1. The van der Waals surface area contributed by atoms with Crippen LogP contribution in [0.3, 0.4) is 0 Å². The largest absolute Gasteiger partial charge is 0.324 e. The van der Waals surface area contributed by atoms with Crippen LogP contribution < -0.4 is 5.73 Å². The average molecular weight is 261 g/mol. The van der Waals surface area contributed by atoms with Crippen molar-refractivity contribution in [2.45, 2.75) is 18.9 Å². The molecule has 2 N–H and O–H groups in total. The smallest absolute Gasteiger partial charge is 0.0551 e. The van der Waals surface area contributed by atoms with Crippen LogP contribution in [-0.4, -0.2) is 0 Å². The highest BCUT2D eigenvalue weighted by Gasteiger charge is 2.29. The zero-order valence-corrected chi connectivity index (χ0v) is 9.48. The lowest BCUT2D eigenvalue weighted by Gasteiger charge is -2.11. The summed E-state index contributed by atoms with van der Waals surface area (Å²) in [5, 5.41) is 0.744. The van der Waals surface area contributed by atoms with Gasteiger partial charge in [0.25, 0.3) is 0 Å². The molecule has 1 fully saturated rings. The zero-order chi connectivity index (χ0) is 9.42. The third kappa shape index (κ3) is 2.06. The lowest BCUT2D eigenvalue weighted by Crippen LogP contribution is -2.12. The Morgan fingerprint density at radius 3 is 2.69 bits per heavy atom. The molecule has 2 rings (SSSR count). The highest BCUT2D eigenvalue weighted by molar-refractivity contribution is 9.10. The van der Waals surface area contributed by atoms with Gasteiger partial charge < -0.3 is 5.73 Å². The fourth-order valence-electron chi connectivity index (χ4n) is 1.45. The molecule has 0 aromatic heterocycles. The molecule has 0 heterocycles. The van der Waals surface area contributed by atoms with Crippen LogP contribution in [0.5, 0.6) is 0 Å². The van der Waals surface area contributed by atoms with Crippen LogP contribution in [-0.2, 0) is 0 Å². The predicted octanol–water partition coefficient (Wildman–Crippen LogP) is 3.51. The minimum atomic E-state index is 0.172. The van der Waals surface area contributed by atoms with E-state index in [0.717, 1.165) is 15.1 Å². The molecule has 1 aliphatic carbocycles. The Bertz CT molecular complexity index is 323. The van der Waals surface area contributed by atoms with Crippen LogP contribution in [0.1, 0.15) is 24.4 Å². The van der Waals surface area contributed by atoms with Gasteiger partial charge in [-0.1, -0.05) is 17.7 Å². The van der Waals surface area contributed by atoms with E-state index in [1.165, 1.54) is 12.8 Å². The van der Waals surface area contributed by atoms with Crippen molar-refractivity contribution in [3.63, 3.8) is 0 Å². The molecule has 70 valence electrons. The number of benzene rings is 1. The molecule has 0 bridgehead atoms. The molecule has 3 heteroatoms. The predicted molar refractivity (Wildman–Crippen MR) is 58.8 cm³/mol. The van der Waals surface area contributed by atoms with Gasteiger partial charge in [0.05, 0.1) is 5.02 Å². The summed E-state index contributed by atoms with van der Waals surface area (Å²) in [4.78, 5) is 0. The van der Waals surface area contributed by atoms with E-state index in [2.05, 4.69) is 15.9 Å². The maximum atomic E-state index is 6.05. The summed E-state index contributed by atoms with van der Waals surface area (Å²) in [5.41, 5.74) is 7.19. The van der Waals surface area contributed by atoms with Crippen molar-refractivity contribution in [2.24, 2.45) is 11.7 Å². The van der Waals surface area contributed by atoms with Crippen LogP contribution in [0.2, 0.25) is 5.02 Å². The standard InChI is InChI=1S/C10H11BrClN/c11-8-4-3-7(5-9(8)12)10(13)6-1-2-6/h3-6,10H,1-2,13H2. The van der Waals surface area contributed by atoms with Crippen molar-refractivity contribution in [2.75, 3.05) is 0 Å². The Kier molecular flexibility index (Phi) is 2.63. The molecule has 1 atom stereocenters. The third-order valence-corrected chi connectivity index (χ3v) is 3.69. The van der Waals surface area contributed by atoms with E-state index in [-0.39, 0.29) is 6.04 Å². The minimum Gasteiger partial charge on any atom is -0.324 e. The normalized spacial score (nSPS) is 18.7. The van der Waals surface area contributed by atoms with Gasteiger partial charge in [-0.2, -0.15) is 0 Å². The van der Waals surface area contributed by atoms with Crippen LogP contribution in [0.15, 0.2) is 22.7 Å². The summed E-state index contributed by atoms with van der Waals surface area (Å²) in [5.74, 6) is 0.678. The van der Waals surface area contributed by atoms with E-state index in [1.807, 2.05) is 18.2 Å². The minimum absolute atomic E-state index is 0.172. The highest BCUT2D eigenvalue weighted by Crippen LogP contribution is 2.40. The number of halogens is 2. The van der Waals surface area contributed by atoms with Crippen LogP contribution in [0.4, 0.5) is 0 Å². The average Bonchev–Trinajstić information content (AvgIpc) is 2.91. The first-order valence-electron chi connectivity index (χ1n) is 4.39. The lowest BCUT2D eigenvalue weighted by atomic mass is 10.0. The maximum Gasteiger partial charge on any atom is 0.0551 e. The van der Waals surface area contributed by atoms with Crippen molar-refractivity contribution in [3.8, 4) is 0 Å². The van der Waals surface area contributed by atoms with E-state index < -0.39 is 0 Å². The first-order chi connectivity index (χ1) is 6.18. The SMILES string of the molecule is NC(c1ccc(Br)c(Cl)c1)C1CC1. The van der Waals surface area contributed by atoms with Gasteiger partial charge in [-0.25, -0.2) is 0 Å². The maximum absolute atomic E-state index is 6.05. The van der Waals surface area contributed by atoms with Gasteiger partial charge >= 0.3 is 0 Å². The van der Waals surface area contributed by atoms with Gasteiger partial charge in [-0.3, -0.25) is 0 Å². The van der Waals surface area contributed by atoms with Gasteiger partial charge in [-0.05, 0) is 52.4 Å². The van der Waals surface area contributed by atoms with Gasteiger partial charge in [-0.15, -0.1) is 0 Å². The fraction of sp³-hybridized carbons (Fsp3) is 0.400. The highest BCUT2D eigenvalue weighted by atomic mass is 79.9. The van der Waals surface area contributed by atoms with Crippen LogP contribution >= 0.6 is 27.5 Å². The first kappa shape index (κ1) is 9.50. The van der Waals surface area contributed by atoms with E-state index in [1.54, 1.807) is 0 Å². The molecular weight excluding hydrogens is 249 g/mol. The molecule has 1 aromatic rings. The Labute approximate surface area is 91.4 Å². The summed E-state index contributed by atoms with van der Waals surface area (Å²) < 4.78 is 0.931. The molecule has 0 radical (unpaired) electrons. The Balaban J connectivity index is 2.24. The molecule has 1 aliphatic rings. The molecule has 0 amide bonds. The van der Waals surface area contributed by atoms with E-state index >= 15 is 0 Å². The van der Waals surface area contributed by atoms with Crippen LogP contribution in [0.25, 0.3) is 0 Å². The summed E-state index contributed by atoms with van der Waals surface area (Å²) in [6.45, 7) is 0. The number of hydrogen-bond acceptors (Lipinski definition) is 1. The molecule has 1 saturated carbocycles. The van der Waals surface area contributed by atoms with E-state index in [9.17, 15) is 0 Å². The summed E-state index contributed by atoms with van der Waals surface area (Å²) in [6, 6.07) is 6.12. The Hall–Kier alpha value is -0.0500. The quantitative estimate of drug-likeness (QED) is 0.865. The molecule has 0 spiro atoms. The number of rotatable bonds is 2. The van der Waals surface area contributed by atoms with Gasteiger partial charge in [0.15, 0.2) is 0 Å². The van der Waals surface area contributed by atoms with Crippen molar-refractivity contribution in [1.29, 1.82) is 0 Å². The zero-order valence-electron chi connectivity index (χ0n) is 7.13. The van der Waals surface area contributed by atoms with Gasteiger partial charge in [0, 0.05) is 10.5 Å². The van der Waals surface area contributed by atoms with Crippen molar-refractivity contribution < 1.29 is 0 Å². The van der Waals surface area contributed by atoms with Gasteiger partial charge in [0.1, 0.15) is 0 Å². The monoisotopic (exact) mass is 259 g/mol. The molecule has 0 saturated heterocycles. The number of hydrogen-bond donors (Lipinski definition) is 1. The molecule has 13 heavy (non-hydrogen) atoms. The summed E-state index contributed by atoms with van der Waals surface area (Å²) in [6.07, 6.45) is 2.52. The molecule has 1 aromatic carbocycles. The molecule has 0 aliphatic heterocycles. The fourth-order valence-corrected chi connectivity index (χ4v) is 1.88. The van der Waals surface area contributed by atoms with Crippen molar-refractivity contribution in [1.82, 2.24) is 0 Å². The topological polar surface area (TPSA) is 26.0 Å². The van der Waals surface area contributed by atoms with Crippen LogP contribution in [0, 0.1) is 5.92 Å². The summed E-state index contributed by atoms with van der Waals surface area (Å²) >= 11 is 9.34. The summed E-state index contributed by atoms with van der Waals surface area (Å²) in [7, 11) is 0. The second kappa shape index (κ2) is 3.60. The van der Waals surface area contributed by atoms with Crippen molar-refractivity contribution >= 4 is 27.5 Å². The second-order valence-electron chi connectivity index (χ2n) is 3.54. The lowest BCUT2D eigenvalue weighted by molar-refractivity contribution is 0.633. The van der Waals surface area contributed by atoms with E-state index in [0.29, 0.717) is 5.92 Å². The molecule has 1 unspecified atom stereocenters. The van der Waals surface area contributed by atoms with Gasteiger partial charge in [0.2, 0.25) is 0 Å². The molecule has 1 nitrogen and oxygen atoms in total. The van der Waals surface area contributed by atoms with E-state index in [4.69, 9.17) is 17.3 Å². The third-order valence-electron chi connectivity index (χ3n) is 2.46. The second-order valence-corrected chi connectivity index (χ2v) is 4.80.